The number of hydrogen-bond acceptors (Lipinski definition) is 6. The molecule has 7 nitrogen and oxygen atoms in total. The summed E-state index contributed by atoms with van der Waals surface area (Å²) in [5.74, 6) is 0.179. The Bertz CT molecular complexity index is 897. The lowest BCUT2D eigenvalue weighted by molar-refractivity contribution is 0.0630. The minimum absolute atomic E-state index is 0.0609. The van der Waals surface area contributed by atoms with E-state index in [0.29, 0.717) is 42.4 Å². The highest BCUT2D eigenvalue weighted by atomic mass is 16.5. The Morgan fingerprint density at radius 2 is 2.11 bits per heavy atom. The number of hydrogen-bond donors (Lipinski definition) is 4. The second-order valence-corrected chi connectivity index (χ2v) is 7.12. The van der Waals surface area contributed by atoms with Gasteiger partial charge < -0.3 is 31.0 Å². The molecule has 2 aromatic carbocycles. The van der Waals surface area contributed by atoms with Crippen LogP contribution in [0.4, 0.5) is 5.69 Å². The van der Waals surface area contributed by atoms with Crippen molar-refractivity contribution in [3.05, 3.63) is 47.5 Å². The normalized spacial score (nSPS) is 16.6. The van der Waals surface area contributed by atoms with E-state index in [-0.39, 0.29) is 28.9 Å². The molecule has 0 radical (unpaired) electrons. The molecule has 5 N–H and O–H groups in total. The van der Waals surface area contributed by atoms with Crippen molar-refractivity contribution in [3.63, 3.8) is 0 Å². The number of carbonyl (C=O) groups is 1. The van der Waals surface area contributed by atoms with Gasteiger partial charge in [0.15, 0.2) is 0 Å². The van der Waals surface area contributed by atoms with Gasteiger partial charge in [0.1, 0.15) is 17.2 Å². The molecule has 1 unspecified atom stereocenters. The second-order valence-electron chi connectivity index (χ2n) is 7.12. The summed E-state index contributed by atoms with van der Waals surface area (Å²) in [7, 11) is 0. The molecule has 0 aromatic heterocycles. The second kappa shape index (κ2) is 8.21. The highest BCUT2D eigenvalue weighted by Crippen LogP contribution is 2.28. The molecule has 1 atom stereocenters. The number of benzene rings is 2. The maximum Gasteiger partial charge on any atom is 0.257 e. The number of ether oxygens (including phenoxy) is 1. The average molecular weight is 383 g/mol. The number of piperidine rings is 1. The number of aromatic hydroxyl groups is 2. The van der Waals surface area contributed by atoms with Crippen molar-refractivity contribution >= 4 is 17.3 Å². The third-order valence-electron chi connectivity index (χ3n) is 4.92. The van der Waals surface area contributed by atoms with Gasteiger partial charge in [0.05, 0.1) is 17.7 Å². The van der Waals surface area contributed by atoms with Crippen LogP contribution in [0, 0.1) is 11.3 Å². The van der Waals surface area contributed by atoms with Crippen molar-refractivity contribution in [1.82, 2.24) is 4.90 Å². The van der Waals surface area contributed by atoms with Crippen molar-refractivity contribution < 1.29 is 19.7 Å². The van der Waals surface area contributed by atoms with Gasteiger partial charge in [-0.2, -0.15) is 0 Å². The van der Waals surface area contributed by atoms with Crippen molar-refractivity contribution in [2.24, 2.45) is 5.92 Å². The van der Waals surface area contributed by atoms with Crippen molar-refractivity contribution in [3.8, 4) is 17.2 Å². The molecule has 1 heterocycles. The molecule has 28 heavy (non-hydrogen) atoms. The Balaban J connectivity index is 1.68. The first-order valence-electron chi connectivity index (χ1n) is 9.25. The van der Waals surface area contributed by atoms with Crippen LogP contribution in [0.5, 0.6) is 17.2 Å². The summed E-state index contributed by atoms with van der Waals surface area (Å²) in [4.78, 5) is 14.4. The minimum Gasteiger partial charge on any atom is -0.508 e. The van der Waals surface area contributed by atoms with E-state index in [4.69, 9.17) is 15.9 Å². The molecule has 1 aliphatic heterocycles. The van der Waals surface area contributed by atoms with Crippen molar-refractivity contribution in [2.45, 2.75) is 19.8 Å². The predicted molar refractivity (Wildman–Crippen MR) is 107 cm³/mol. The Morgan fingerprint density at radius 1 is 1.32 bits per heavy atom. The number of phenolic OH excluding ortho intramolecular Hbond substituents is 2. The molecule has 1 amide bonds. The lowest BCUT2D eigenvalue weighted by atomic mass is 9.98. The maximum atomic E-state index is 12.8. The standard InChI is InChI=1S/C21H25N3O4/c1-13(22)20-17(23)5-2-6-19(20)28-12-14-4-3-9-24(11-14)21(27)16-10-15(25)7-8-18(16)26/h2,5-8,10,14,22,25-26H,3-4,9,11-12,23H2,1H3. The highest BCUT2D eigenvalue weighted by molar-refractivity contribution is 6.03. The van der Waals surface area contributed by atoms with Crippen molar-refractivity contribution in [1.29, 1.82) is 5.41 Å². The van der Waals surface area contributed by atoms with E-state index in [1.165, 1.54) is 18.2 Å². The first-order valence-corrected chi connectivity index (χ1v) is 9.25. The van der Waals surface area contributed by atoms with E-state index in [1.807, 2.05) is 0 Å². The van der Waals surface area contributed by atoms with Gasteiger partial charge in [-0.05, 0) is 50.1 Å². The van der Waals surface area contributed by atoms with Gasteiger partial charge in [0.25, 0.3) is 5.91 Å². The van der Waals surface area contributed by atoms with Crippen LogP contribution >= 0.6 is 0 Å². The molecule has 2 aromatic rings. The van der Waals surface area contributed by atoms with Crippen LogP contribution in [0.2, 0.25) is 0 Å². The topological polar surface area (TPSA) is 120 Å². The first-order chi connectivity index (χ1) is 13.4. The van der Waals surface area contributed by atoms with Gasteiger partial charge in [0, 0.05) is 30.4 Å². The average Bonchev–Trinajstić information content (AvgIpc) is 2.67. The SMILES string of the molecule is CC(=N)c1c(N)cccc1OCC1CCCN(C(=O)c2cc(O)ccc2O)C1. The largest absolute Gasteiger partial charge is 0.508 e. The molecule has 1 saturated heterocycles. The van der Waals surface area contributed by atoms with E-state index in [1.54, 1.807) is 30.0 Å². The third kappa shape index (κ3) is 4.19. The number of amides is 1. The smallest absolute Gasteiger partial charge is 0.257 e. The molecule has 1 fully saturated rings. The van der Waals surface area contributed by atoms with Crippen LogP contribution in [0.1, 0.15) is 35.7 Å². The third-order valence-corrected chi connectivity index (χ3v) is 4.92. The number of likely N-dealkylation sites (tertiary alicyclic amines) is 1. The summed E-state index contributed by atoms with van der Waals surface area (Å²) >= 11 is 0. The number of rotatable bonds is 5. The molecule has 1 aliphatic rings. The Hall–Kier alpha value is -3.22. The van der Waals surface area contributed by atoms with E-state index >= 15 is 0 Å². The Morgan fingerprint density at radius 3 is 2.86 bits per heavy atom. The fourth-order valence-corrected chi connectivity index (χ4v) is 3.53. The zero-order valence-corrected chi connectivity index (χ0v) is 15.8. The van der Waals surface area contributed by atoms with Crippen molar-refractivity contribution in [2.75, 3.05) is 25.4 Å². The number of nitrogens with one attached hydrogen (secondary N) is 1. The first kappa shape index (κ1) is 19.5. The molecular formula is C21H25N3O4. The molecule has 148 valence electrons. The Labute approximate surface area is 163 Å². The number of anilines is 1. The maximum absolute atomic E-state index is 12.8. The fourth-order valence-electron chi connectivity index (χ4n) is 3.53. The monoisotopic (exact) mass is 383 g/mol. The summed E-state index contributed by atoms with van der Waals surface area (Å²) in [6, 6.07) is 9.26. The van der Waals surface area contributed by atoms with Crippen LogP contribution in [0.3, 0.4) is 0 Å². The molecule has 0 aliphatic carbocycles. The zero-order chi connectivity index (χ0) is 20.3. The zero-order valence-electron chi connectivity index (χ0n) is 15.8. The van der Waals surface area contributed by atoms with E-state index < -0.39 is 0 Å². The molecule has 7 heteroatoms. The number of carbonyl (C=O) groups excluding carboxylic acids is 1. The number of nitrogen functional groups attached to an aromatic ring is 1. The number of phenols is 2. The summed E-state index contributed by atoms with van der Waals surface area (Å²) in [6.45, 7) is 3.16. The summed E-state index contributed by atoms with van der Waals surface area (Å²) in [5, 5.41) is 27.5. The lowest BCUT2D eigenvalue weighted by Crippen LogP contribution is -2.41. The van der Waals surface area contributed by atoms with Gasteiger partial charge in [-0.25, -0.2) is 0 Å². The van der Waals surface area contributed by atoms with Gasteiger partial charge in [-0.1, -0.05) is 6.07 Å². The van der Waals surface area contributed by atoms with E-state index in [0.717, 1.165) is 12.8 Å². The van der Waals surface area contributed by atoms with Gasteiger partial charge in [-0.3, -0.25) is 4.79 Å². The van der Waals surface area contributed by atoms with E-state index in [2.05, 4.69) is 0 Å². The molecule has 0 spiro atoms. The summed E-state index contributed by atoms with van der Waals surface area (Å²) < 4.78 is 5.95. The van der Waals surface area contributed by atoms with Crippen LogP contribution in [-0.4, -0.2) is 46.4 Å². The number of nitrogens with two attached hydrogens (primary N) is 1. The van der Waals surface area contributed by atoms with Crippen LogP contribution in [-0.2, 0) is 0 Å². The molecular weight excluding hydrogens is 358 g/mol. The lowest BCUT2D eigenvalue weighted by Gasteiger charge is -2.33. The highest BCUT2D eigenvalue weighted by Gasteiger charge is 2.27. The minimum atomic E-state index is -0.307. The predicted octanol–water partition coefficient (Wildman–Crippen LogP) is 3.00. The molecule has 0 bridgehead atoms. The fraction of sp³-hybridized carbons (Fsp3) is 0.333. The van der Waals surface area contributed by atoms with Gasteiger partial charge >= 0.3 is 0 Å². The molecule has 3 rings (SSSR count). The van der Waals surface area contributed by atoms with E-state index in [9.17, 15) is 15.0 Å². The Kier molecular flexibility index (Phi) is 5.73. The van der Waals surface area contributed by atoms with Crippen LogP contribution < -0.4 is 10.5 Å². The quantitative estimate of drug-likeness (QED) is 0.359. The number of nitrogens with zero attached hydrogens (tertiary/aromatic N) is 1. The van der Waals surface area contributed by atoms with Gasteiger partial charge in [0.2, 0.25) is 0 Å². The van der Waals surface area contributed by atoms with Gasteiger partial charge in [-0.15, -0.1) is 0 Å². The molecule has 0 saturated carbocycles. The van der Waals surface area contributed by atoms with Crippen LogP contribution in [0.15, 0.2) is 36.4 Å². The summed E-state index contributed by atoms with van der Waals surface area (Å²) in [6.07, 6.45) is 1.74. The van der Waals surface area contributed by atoms with Crippen LogP contribution in [0.25, 0.3) is 0 Å². The summed E-state index contributed by atoms with van der Waals surface area (Å²) in [5.41, 5.74) is 7.50.